The number of carbonyl (C=O) groups is 1. The molecule has 1 aromatic rings. The second-order valence-corrected chi connectivity index (χ2v) is 4.65. The third kappa shape index (κ3) is 3.09. The molecule has 1 aromatic carbocycles. The molecule has 0 unspecified atom stereocenters. The van der Waals surface area contributed by atoms with Crippen LogP contribution in [0, 0.1) is 10.1 Å². The van der Waals surface area contributed by atoms with E-state index in [0.717, 1.165) is 0 Å². The smallest absolute Gasteiger partial charge is 0.332 e. The molecule has 0 heterocycles. The van der Waals surface area contributed by atoms with Crippen molar-refractivity contribution in [2.75, 3.05) is 0 Å². The zero-order valence-electron chi connectivity index (χ0n) is 10.3. The summed E-state index contributed by atoms with van der Waals surface area (Å²) in [5, 5.41) is 11.1. The summed E-state index contributed by atoms with van der Waals surface area (Å²) in [5.41, 5.74) is 4.51. The molecular formula is C11H14N2O5. The van der Waals surface area contributed by atoms with E-state index in [1.54, 1.807) is 12.1 Å². The molecule has 0 bridgehead atoms. The Hall–Kier alpha value is -2.31. The molecule has 0 saturated heterocycles. The number of nitro groups is 1. The number of hydrogen-bond acceptors (Lipinski definition) is 5. The Morgan fingerprint density at radius 2 is 2.00 bits per heavy atom. The largest absolute Gasteiger partial charge is 0.447 e. The second-order valence-electron chi connectivity index (χ2n) is 4.65. The highest BCUT2D eigenvalue weighted by Gasteiger charge is 2.29. The van der Waals surface area contributed by atoms with Crippen molar-refractivity contribution in [1.29, 1.82) is 0 Å². The molecule has 18 heavy (non-hydrogen) atoms. The van der Waals surface area contributed by atoms with Crippen LogP contribution in [0.15, 0.2) is 18.2 Å². The topological polar surface area (TPSA) is 105 Å². The summed E-state index contributed by atoms with van der Waals surface area (Å²) in [4.78, 5) is 29.6. The van der Waals surface area contributed by atoms with Gasteiger partial charge in [0.15, 0.2) is 0 Å². The van der Waals surface area contributed by atoms with Crippen molar-refractivity contribution < 1.29 is 19.5 Å². The fraction of sp³-hybridized carbons (Fsp3) is 0.364. The third-order valence-corrected chi connectivity index (χ3v) is 2.20. The zero-order chi connectivity index (χ0) is 13.9. The number of rotatable bonds is 3. The molecule has 2 N–H and O–H groups in total. The lowest BCUT2D eigenvalue weighted by Crippen LogP contribution is -2.18. The summed E-state index contributed by atoms with van der Waals surface area (Å²) in [6.45, 7) is 5.48. The molecule has 0 radical (unpaired) electrons. The summed E-state index contributed by atoms with van der Waals surface area (Å²) < 4.78 is 0. The summed E-state index contributed by atoms with van der Waals surface area (Å²) in [6.07, 6.45) is -1.18. The predicted molar refractivity (Wildman–Crippen MR) is 63.1 cm³/mol. The van der Waals surface area contributed by atoms with E-state index in [-0.39, 0.29) is 11.4 Å². The molecule has 0 aliphatic heterocycles. The molecule has 0 aromatic heterocycles. The number of amides is 1. The molecule has 98 valence electrons. The van der Waals surface area contributed by atoms with Gasteiger partial charge in [-0.15, -0.1) is 0 Å². The Morgan fingerprint density at radius 1 is 1.39 bits per heavy atom. The summed E-state index contributed by atoms with van der Waals surface area (Å²) in [6, 6.07) is 4.53. The van der Waals surface area contributed by atoms with Crippen LogP contribution in [0.5, 0.6) is 5.75 Å². The fourth-order valence-corrected chi connectivity index (χ4v) is 1.47. The molecule has 0 saturated carbocycles. The van der Waals surface area contributed by atoms with Gasteiger partial charge in [0.2, 0.25) is 0 Å². The first kappa shape index (κ1) is 13.8. The van der Waals surface area contributed by atoms with Crippen molar-refractivity contribution in [3.63, 3.8) is 0 Å². The summed E-state index contributed by atoms with van der Waals surface area (Å²) in [7, 11) is 0. The molecule has 7 heteroatoms. The highest BCUT2D eigenvalue weighted by atomic mass is 17.2. The molecule has 7 nitrogen and oxygen atoms in total. The molecule has 0 atom stereocenters. The number of nitrogens with two attached hydrogens (primary N) is 1. The molecular weight excluding hydrogens is 240 g/mol. The van der Waals surface area contributed by atoms with Gasteiger partial charge in [-0.2, -0.15) is 0 Å². The number of nitro benzene ring substituents is 1. The predicted octanol–water partition coefficient (Wildman–Crippen LogP) is 2.28. The maximum Gasteiger partial charge on any atom is 0.447 e. The van der Waals surface area contributed by atoms with E-state index >= 15 is 0 Å². The molecule has 0 spiro atoms. The van der Waals surface area contributed by atoms with Gasteiger partial charge in [0.05, 0.1) is 4.92 Å². The van der Waals surface area contributed by atoms with Crippen molar-refractivity contribution in [2.45, 2.75) is 26.2 Å². The molecule has 1 amide bonds. The maximum atomic E-state index is 11.1. The van der Waals surface area contributed by atoms with Gasteiger partial charge in [0.1, 0.15) is 0 Å². The van der Waals surface area contributed by atoms with E-state index in [2.05, 4.69) is 9.78 Å². The van der Waals surface area contributed by atoms with Crippen LogP contribution in [-0.4, -0.2) is 11.0 Å². The van der Waals surface area contributed by atoms with Gasteiger partial charge in [0.25, 0.3) is 5.75 Å². The molecule has 0 fully saturated rings. The van der Waals surface area contributed by atoms with Crippen LogP contribution >= 0.6 is 0 Å². The quantitative estimate of drug-likeness (QED) is 0.506. The maximum absolute atomic E-state index is 11.1. The Bertz CT molecular complexity index is 479. The lowest BCUT2D eigenvalue weighted by molar-refractivity contribution is -0.388. The Kier molecular flexibility index (Phi) is 3.75. The van der Waals surface area contributed by atoms with E-state index in [4.69, 9.17) is 5.73 Å². The van der Waals surface area contributed by atoms with Gasteiger partial charge in [-0.1, -0.05) is 32.9 Å². The minimum absolute atomic E-state index is 0.161. The number of para-hydroxylation sites is 1. The monoisotopic (exact) mass is 254 g/mol. The number of hydrogen-bond donors (Lipinski definition) is 1. The van der Waals surface area contributed by atoms with Crippen molar-refractivity contribution in [1.82, 2.24) is 0 Å². The highest BCUT2D eigenvalue weighted by Crippen LogP contribution is 2.37. The Morgan fingerprint density at radius 3 is 2.44 bits per heavy atom. The number of benzene rings is 1. The van der Waals surface area contributed by atoms with E-state index in [0.29, 0.717) is 5.56 Å². The zero-order valence-corrected chi connectivity index (χ0v) is 10.3. The van der Waals surface area contributed by atoms with Crippen molar-refractivity contribution in [3.05, 3.63) is 33.9 Å². The molecule has 1 rings (SSSR count). The lowest BCUT2D eigenvalue weighted by Gasteiger charge is -2.19. The molecule has 0 aliphatic carbocycles. The van der Waals surface area contributed by atoms with Gasteiger partial charge in [-0.05, 0) is 11.5 Å². The van der Waals surface area contributed by atoms with Crippen LogP contribution in [0.2, 0.25) is 0 Å². The van der Waals surface area contributed by atoms with Crippen LogP contribution < -0.4 is 10.6 Å². The Labute approximate surface area is 104 Å². The number of carbonyl (C=O) groups excluding carboxylic acids is 1. The highest BCUT2D eigenvalue weighted by molar-refractivity contribution is 5.64. The van der Waals surface area contributed by atoms with Crippen molar-refractivity contribution >= 4 is 11.8 Å². The fourth-order valence-electron chi connectivity index (χ4n) is 1.47. The van der Waals surface area contributed by atoms with Crippen molar-refractivity contribution in [2.24, 2.45) is 5.73 Å². The lowest BCUT2D eigenvalue weighted by atomic mass is 9.85. The summed E-state index contributed by atoms with van der Waals surface area (Å²) in [5.74, 6) is -0.161. The second kappa shape index (κ2) is 4.91. The van der Waals surface area contributed by atoms with E-state index < -0.39 is 16.4 Å². The van der Waals surface area contributed by atoms with Gasteiger partial charge in [-0.25, -0.2) is 9.68 Å². The van der Waals surface area contributed by atoms with Gasteiger partial charge in [0, 0.05) is 5.56 Å². The third-order valence-electron chi connectivity index (χ3n) is 2.20. The average Bonchev–Trinajstić information content (AvgIpc) is 2.24. The first-order valence-corrected chi connectivity index (χ1v) is 5.15. The van der Waals surface area contributed by atoms with Gasteiger partial charge in [-0.3, -0.25) is 15.0 Å². The first-order valence-electron chi connectivity index (χ1n) is 5.15. The van der Waals surface area contributed by atoms with Crippen LogP contribution in [0.4, 0.5) is 10.5 Å². The van der Waals surface area contributed by atoms with E-state index in [1.807, 2.05) is 20.8 Å². The minimum Gasteiger partial charge on any atom is -0.332 e. The van der Waals surface area contributed by atoms with Crippen LogP contribution in [0.25, 0.3) is 0 Å². The van der Waals surface area contributed by atoms with Gasteiger partial charge < -0.3 is 5.73 Å². The van der Waals surface area contributed by atoms with Crippen LogP contribution in [-0.2, 0) is 10.3 Å². The first-order chi connectivity index (χ1) is 8.23. The van der Waals surface area contributed by atoms with Gasteiger partial charge >= 0.3 is 11.8 Å². The standard InChI is InChI=1S/C11H14N2O5/c1-11(2,3)7-5-4-6-8(9(7)13(15)16)17-18-10(12)14/h4-6H,1-3H3,(H2,12,14). The number of primary amides is 1. The Balaban J connectivity index is 3.26. The van der Waals surface area contributed by atoms with Crippen molar-refractivity contribution in [3.8, 4) is 5.75 Å². The van der Waals surface area contributed by atoms with Crippen LogP contribution in [0.3, 0.4) is 0 Å². The number of nitrogens with zero attached hydrogens (tertiary/aromatic N) is 1. The van der Waals surface area contributed by atoms with Crippen LogP contribution in [0.1, 0.15) is 26.3 Å². The summed E-state index contributed by atoms with van der Waals surface area (Å²) >= 11 is 0. The minimum atomic E-state index is -1.18. The van der Waals surface area contributed by atoms with E-state index in [1.165, 1.54) is 6.07 Å². The SMILES string of the molecule is CC(C)(C)c1cccc(OOC(N)=O)c1[N+](=O)[O-]. The average molecular weight is 254 g/mol. The molecule has 0 aliphatic rings. The normalized spacial score (nSPS) is 10.8. The van der Waals surface area contributed by atoms with E-state index in [9.17, 15) is 14.9 Å².